The SMILES string of the molecule is CC(C)(C)OC(=O)NCC[C@H]1C[C@@H](O[Si](C)(C)C(C)(C)C)CN1C(=O)OCc1ccccc1. The molecule has 2 amide bonds. The van der Waals surface area contributed by atoms with Crippen LogP contribution in [0.4, 0.5) is 9.59 Å². The van der Waals surface area contributed by atoms with Crippen molar-refractivity contribution in [1.82, 2.24) is 10.2 Å². The van der Waals surface area contributed by atoms with Crippen LogP contribution in [0.2, 0.25) is 18.1 Å². The number of amides is 2. The van der Waals surface area contributed by atoms with Crippen molar-refractivity contribution in [2.45, 2.75) is 96.9 Å². The van der Waals surface area contributed by atoms with E-state index in [1.54, 1.807) is 4.90 Å². The summed E-state index contributed by atoms with van der Waals surface area (Å²) in [6.07, 6.45) is 0.497. The van der Waals surface area contributed by atoms with Crippen LogP contribution >= 0.6 is 0 Å². The number of hydrogen-bond donors (Lipinski definition) is 1. The lowest BCUT2D eigenvalue weighted by Gasteiger charge is -2.38. The third-order valence-corrected chi connectivity index (χ3v) is 10.8. The van der Waals surface area contributed by atoms with Gasteiger partial charge in [-0.1, -0.05) is 51.1 Å². The molecule has 0 aromatic heterocycles. The largest absolute Gasteiger partial charge is 0.445 e. The Morgan fingerprint density at radius 3 is 2.30 bits per heavy atom. The van der Waals surface area contributed by atoms with Crippen LogP contribution in [0, 0.1) is 0 Å². The zero-order chi connectivity index (χ0) is 24.9. The molecule has 1 fully saturated rings. The fraction of sp³-hybridized carbons (Fsp3) is 0.680. The molecule has 8 heteroatoms. The molecule has 1 aliphatic rings. The molecule has 1 aromatic carbocycles. The molecule has 1 N–H and O–H groups in total. The van der Waals surface area contributed by atoms with Crippen molar-refractivity contribution in [2.75, 3.05) is 13.1 Å². The van der Waals surface area contributed by atoms with Crippen molar-refractivity contribution in [3.8, 4) is 0 Å². The Hall–Kier alpha value is -2.06. The second-order valence-electron chi connectivity index (χ2n) is 11.3. The second kappa shape index (κ2) is 10.9. The van der Waals surface area contributed by atoms with E-state index in [0.717, 1.165) is 12.0 Å². The molecular weight excluding hydrogens is 436 g/mol. The first-order chi connectivity index (χ1) is 15.2. The van der Waals surface area contributed by atoms with Crippen molar-refractivity contribution in [3.63, 3.8) is 0 Å². The van der Waals surface area contributed by atoms with Gasteiger partial charge < -0.3 is 24.1 Å². The number of rotatable bonds is 7. The van der Waals surface area contributed by atoms with Gasteiger partial charge in [0.15, 0.2) is 8.32 Å². The highest BCUT2D eigenvalue weighted by Crippen LogP contribution is 2.39. The zero-order valence-corrected chi connectivity index (χ0v) is 22.6. The Labute approximate surface area is 200 Å². The minimum atomic E-state index is -1.98. The number of carbonyl (C=O) groups is 2. The molecule has 1 heterocycles. The molecule has 2 atom stereocenters. The van der Waals surface area contributed by atoms with Crippen LogP contribution in [0.15, 0.2) is 30.3 Å². The number of benzene rings is 1. The van der Waals surface area contributed by atoms with Gasteiger partial charge in [-0.25, -0.2) is 9.59 Å². The third-order valence-electron chi connectivity index (χ3n) is 6.23. The number of ether oxygens (including phenoxy) is 2. The summed E-state index contributed by atoms with van der Waals surface area (Å²) in [6.45, 7) is 17.7. The Morgan fingerprint density at radius 2 is 1.73 bits per heavy atom. The van der Waals surface area contributed by atoms with Crippen molar-refractivity contribution >= 4 is 20.5 Å². The zero-order valence-electron chi connectivity index (χ0n) is 21.6. The van der Waals surface area contributed by atoms with E-state index in [-0.39, 0.29) is 29.9 Å². The first-order valence-corrected chi connectivity index (χ1v) is 14.7. The first kappa shape index (κ1) is 27.2. The Morgan fingerprint density at radius 1 is 1.09 bits per heavy atom. The second-order valence-corrected chi connectivity index (χ2v) is 16.1. The topological polar surface area (TPSA) is 77.1 Å². The molecule has 1 aromatic rings. The van der Waals surface area contributed by atoms with E-state index in [1.165, 1.54) is 0 Å². The molecule has 0 radical (unpaired) electrons. The van der Waals surface area contributed by atoms with Crippen molar-refractivity contribution in [1.29, 1.82) is 0 Å². The summed E-state index contributed by atoms with van der Waals surface area (Å²) in [5, 5.41) is 2.88. The Kier molecular flexibility index (Phi) is 8.99. The normalized spacial score (nSPS) is 19.3. The van der Waals surface area contributed by atoms with E-state index in [9.17, 15) is 9.59 Å². The average molecular weight is 479 g/mol. The van der Waals surface area contributed by atoms with Gasteiger partial charge in [0.25, 0.3) is 0 Å². The quantitative estimate of drug-likeness (QED) is 0.509. The minimum absolute atomic E-state index is 0.0401. The van der Waals surface area contributed by atoms with Crippen LogP contribution < -0.4 is 5.32 Å². The molecule has 0 unspecified atom stereocenters. The summed E-state index contributed by atoms with van der Waals surface area (Å²) in [5.74, 6) is 0. The summed E-state index contributed by atoms with van der Waals surface area (Å²) in [5.41, 5.74) is 0.398. The molecule has 33 heavy (non-hydrogen) atoms. The maximum atomic E-state index is 13.0. The Balaban J connectivity index is 2.01. The molecule has 2 rings (SSSR count). The van der Waals surface area contributed by atoms with Crippen molar-refractivity contribution in [2.24, 2.45) is 0 Å². The predicted octanol–water partition coefficient (Wildman–Crippen LogP) is 5.70. The number of hydrogen-bond acceptors (Lipinski definition) is 5. The van der Waals surface area contributed by atoms with Gasteiger partial charge in [-0.3, -0.25) is 0 Å². The molecule has 186 valence electrons. The van der Waals surface area contributed by atoms with Crippen LogP contribution in [-0.2, 0) is 20.5 Å². The fourth-order valence-corrected chi connectivity index (χ4v) is 4.86. The lowest BCUT2D eigenvalue weighted by Crippen LogP contribution is -2.44. The van der Waals surface area contributed by atoms with Crippen LogP contribution in [0.25, 0.3) is 0 Å². The maximum Gasteiger partial charge on any atom is 0.410 e. The lowest BCUT2D eigenvalue weighted by atomic mass is 10.1. The maximum absolute atomic E-state index is 13.0. The monoisotopic (exact) mass is 478 g/mol. The summed E-state index contributed by atoms with van der Waals surface area (Å²) in [6, 6.07) is 9.58. The van der Waals surface area contributed by atoms with Gasteiger partial charge in [0.1, 0.15) is 12.2 Å². The van der Waals surface area contributed by atoms with E-state index < -0.39 is 20.0 Å². The highest BCUT2D eigenvalue weighted by atomic mass is 28.4. The third kappa shape index (κ3) is 8.66. The van der Waals surface area contributed by atoms with E-state index in [4.69, 9.17) is 13.9 Å². The number of nitrogens with zero attached hydrogens (tertiary/aromatic N) is 1. The van der Waals surface area contributed by atoms with Crippen LogP contribution in [0.5, 0.6) is 0 Å². The molecular formula is C25H42N2O5Si. The van der Waals surface area contributed by atoms with Crippen LogP contribution in [0.3, 0.4) is 0 Å². The molecule has 0 saturated carbocycles. The average Bonchev–Trinajstić information content (AvgIpc) is 3.06. The molecule has 1 saturated heterocycles. The van der Waals surface area contributed by atoms with Gasteiger partial charge in [0.05, 0.1) is 6.10 Å². The predicted molar refractivity (Wildman–Crippen MR) is 133 cm³/mol. The van der Waals surface area contributed by atoms with Crippen molar-refractivity contribution in [3.05, 3.63) is 35.9 Å². The highest BCUT2D eigenvalue weighted by Gasteiger charge is 2.43. The van der Waals surface area contributed by atoms with Gasteiger partial charge in [-0.2, -0.15) is 0 Å². The van der Waals surface area contributed by atoms with Gasteiger partial charge in [0.2, 0.25) is 0 Å². The van der Waals surface area contributed by atoms with Gasteiger partial charge in [0, 0.05) is 19.1 Å². The smallest absolute Gasteiger partial charge is 0.410 e. The van der Waals surface area contributed by atoms with Gasteiger partial charge in [-0.15, -0.1) is 0 Å². The van der Waals surface area contributed by atoms with Gasteiger partial charge in [-0.05, 0) is 57.3 Å². The number of nitrogens with one attached hydrogen (secondary N) is 1. The van der Waals surface area contributed by atoms with Gasteiger partial charge >= 0.3 is 12.2 Å². The number of alkyl carbamates (subject to hydrolysis) is 1. The molecule has 0 spiro atoms. The molecule has 0 bridgehead atoms. The van der Waals surface area contributed by atoms with E-state index in [1.807, 2.05) is 51.1 Å². The lowest BCUT2D eigenvalue weighted by molar-refractivity contribution is 0.0522. The number of likely N-dealkylation sites (tertiary alicyclic amines) is 1. The number of carbonyl (C=O) groups excluding carboxylic acids is 2. The van der Waals surface area contributed by atoms with Crippen molar-refractivity contribution < 1.29 is 23.5 Å². The molecule has 7 nitrogen and oxygen atoms in total. The first-order valence-electron chi connectivity index (χ1n) is 11.8. The summed E-state index contributed by atoms with van der Waals surface area (Å²) < 4.78 is 17.5. The highest BCUT2D eigenvalue weighted by molar-refractivity contribution is 6.74. The standard InChI is InChI=1S/C25H42N2O5Si/c1-24(2,3)31-22(28)26-15-14-20-16-21(32-33(7,8)25(4,5)6)17-27(20)23(29)30-18-19-12-10-9-11-13-19/h9-13,20-21H,14-18H2,1-8H3,(H,26,28)/t20-,21+/m0/s1. The summed E-state index contributed by atoms with van der Waals surface area (Å²) >= 11 is 0. The Bertz CT molecular complexity index is 786. The molecule has 1 aliphatic heterocycles. The van der Waals surface area contributed by atoms with Crippen LogP contribution in [0.1, 0.15) is 59.9 Å². The fourth-order valence-electron chi connectivity index (χ4n) is 3.51. The van der Waals surface area contributed by atoms with E-state index in [0.29, 0.717) is 19.5 Å². The molecule has 0 aliphatic carbocycles. The van der Waals surface area contributed by atoms with E-state index in [2.05, 4.69) is 39.2 Å². The summed E-state index contributed by atoms with van der Waals surface area (Å²) in [7, 11) is -1.98. The van der Waals surface area contributed by atoms with E-state index >= 15 is 0 Å². The summed E-state index contributed by atoms with van der Waals surface area (Å²) in [4.78, 5) is 26.7. The minimum Gasteiger partial charge on any atom is -0.445 e. The van der Waals surface area contributed by atoms with Crippen LogP contribution in [-0.4, -0.2) is 56.2 Å².